The molecule has 1 heterocycles. The third kappa shape index (κ3) is 6.30. The van der Waals surface area contributed by atoms with Gasteiger partial charge in [0.2, 0.25) is 5.91 Å². The maximum absolute atomic E-state index is 12.5. The van der Waals surface area contributed by atoms with Gasteiger partial charge in [0, 0.05) is 11.3 Å². The van der Waals surface area contributed by atoms with E-state index in [9.17, 15) is 14.4 Å². The normalized spacial score (nSPS) is 11.5. The summed E-state index contributed by atoms with van der Waals surface area (Å²) in [5.41, 5.74) is 1.09. The molecule has 1 amide bonds. The molecule has 0 aliphatic rings. The molecule has 0 saturated carbocycles. The fraction of sp³-hybridized carbons (Fsp3) is 0.304. The van der Waals surface area contributed by atoms with Gasteiger partial charge in [-0.05, 0) is 49.4 Å². The van der Waals surface area contributed by atoms with E-state index in [-0.39, 0.29) is 19.1 Å². The van der Waals surface area contributed by atoms with Crippen molar-refractivity contribution in [3.05, 3.63) is 58.9 Å². The fourth-order valence-electron chi connectivity index (χ4n) is 2.98. The molecule has 0 N–H and O–H groups in total. The Morgan fingerprint density at radius 1 is 1.12 bits per heavy atom. The number of nitrogens with zero attached hydrogens (tertiary/aromatic N) is 2. The number of amides is 1. The molecule has 0 aliphatic carbocycles. The van der Waals surface area contributed by atoms with Crippen molar-refractivity contribution in [2.75, 3.05) is 19.5 Å². The van der Waals surface area contributed by atoms with E-state index in [0.717, 1.165) is 15.3 Å². The summed E-state index contributed by atoms with van der Waals surface area (Å²) in [6, 6.07) is 15.0. The topological polar surface area (TPSA) is 87.0 Å². The first-order valence-electron chi connectivity index (χ1n) is 10.1. The van der Waals surface area contributed by atoms with Crippen molar-refractivity contribution in [2.24, 2.45) is 4.99 Å². The SMILES string of the molecule is CCOC(=O)Cn1c(=NC(=O)CCCSc2ccccc2)sc2cc(C(=O)OC)ccc21. The number of hydrogen-bond acceptors (Lipinski definition) is 7. The van der Waals surface area contributed by atoms with Gasteiger partial charge < -0.3 is 14.0 Å². The number of carbonyl (C=O) groups excluding carboxylic acids is 3. The number of thioether (sulfide) groups is 1. The van der Waals surface area contributed by atoms with E-state index in [0.29, 0.717) is 28.7 Å². The summed E-state index contributed by atoms with van der Waals surface area (Å²) in [5.74, 6) is -0.320. The van der Waals surface area contributed by atoms with Gasteiger partial charge in [-0.15, -0.1) is 11.8 Å². The molecule has 32 heavy (non-hydrogen) atoms. The molecule has 0 aliphatic heterocycles. The van der Waals surface area contributed by atoms with Crippen LogP contribution in [0.2, 0.25) is 0 Å². The van der Waals surface area contributed by atoms with E-state index in [1.807, 2.05) is 30.3 Å². The molecule has 3 aromatic rings. The average Bonchev–Trinajstić information content (AvgIpc) is 3.12. The zero-order valence-corrected chi connectivity index (χ0v) is 19.5. The zero-order valence-electron chi connectivity index (χ0n) is 17.9. The Morgan fingerprint density at radius 2 is 1.91 bits per heavy atom. The molecule has 168 valence electrons. The van der Waals surface area contributed by atoms with Crippen molar-refractivity contribution in [1.29, 1.82) is 0 Å². The second-order valence-electron chi connectivity index (χ2n) is 6.72. The molecule has 2 aromatic carbocycles. The van der Waals surface area contributed by atoms with Gasteiger partial charge in [-0.3, -0.25) is 9.59 Å². The van der Waals surface area contributed by atoms with Crippen LogP contribution in [0.25, 0.3) is 10.2 Å². The van der Waals surface area contributed by atoms with Crippen LogP contribution in [0.1, 0.15) is 30.1 Å². The number of ether oxygens (including phenoxy) is 2. The van der Waals surface area contributed by atoms with Gasteiger partial charge in [-0.2, -0.15) is 4.99 Å². The number of carbonyl (C=O) groups is 3. The zero-order chi connectivity index (χ0) is 22.9. The van der Waals surface area contributed by atoms with E-state index in [2.05, 4.69) is 4.99 Å². The van der Waals surface area contributed by atoms with Gasteiger partial charge in [0.25, 0.3) is 0 Å². The number of rotatable bonds is 9. The minimum atomic E-state index is -0.456. The third-order valence-electron chi connectivity index (χ3n) is 4.46. The molecule has 0 unspecified atom stereocenters. The van der Waals surface area contributed by atoms with E-state index in [4.69, 9.17) is 9.47 Å². The first kappa shape index (κ1) is 23.7. The maximum atomic E-state index is 12.5. The van der Waals surface area contributed by atoms with Crippen LogP contribution in [-0.2, 0) is 25.6 Å². The second-order valence-corrected chi connectivity index (χ2v) is 8.90. The van der Waals surface area contributed by atoms with E-state index < -0.39 is 11.9 Å². The minimum Gasteiger partial charge on any atom is -0.465 e. The molecular weight excluding hydrogens is 448 g/mol. The van der Waals surface area contributed by atoms with Crippen molar-refractivity contribution in [3.63, 3.8) is 0 Å². The highest BCUT2D eigenvalue weighted by molar-refractivity contribution is 7.99. The molecule has 0 radical (unpaired) electrons. The minimum absolute atomic E-state index is 0.0681. The van der Waals surface area contributed by atoms with Crippen molar-refractivity contribution < 1.29 is 23.9 Å². The Labute approximate surface area is 194 Å². The summed E-state index contributed by atoms with van der Waals surface area (Å²) in [4.78, 5) is 42.3. The Hall–Kier alpha value is -2.91. The monoisotopic (exact) mass is 472 g/mol. The van der Waals surface area contributed by atoms with Crippen LogP contribution < -0.4 is 4.80 Å². The first-order chi connectivity index (χ1) is 15.5. The van der Waals surface area contributed by atoms with Crippen LogP contribution in [0.15, 0.2) is 58.4 Å². The van der Waals surface area contributed by atoms with E-state index in [1.54, 1.807) is 41.5 Å². The van der Waals surface area contributed by atoms with Gasteiger partial charge >= 0.3 is 11.9 Å². The van der Waals surface area contributed by atoms with Crippen LogP contribution in [0.4, 0.5) is 0 Å². The quantitative estimate of drug-likeness (QED) is 0.265. The highest BCUT2D eigenvalue weighted by Crippen LogP contribution is 2.21. The smallest absolute Gasteiger partial charge is 0.337 e. The largest absolute Gasteiger partial charge is 0.465 e. The summed E-state index contributed by atoms with van der Waals surface area (Å²) in [7, 11) is 1.32. The van der Waals surface area contributed by atoms with Crippen molar-refractivity contribution in [1.82, 2.24) is 4.57 Å². The van der Waals surface area contributed by atoms with Crippen LogP contribution >= 0.6 is 23.1 Å². The highest BCUT2D eigenvalue weighted by Gasteiger charge is 2.14. The van der Waals surface area contributed by atoms with Crippen LogP contribution in [-0.4, -0.2) is 41.9 Å². The number of methoxy groups -OCH3 is 1. The Balaban J connectivity index is 1.80. The number of thiazole rings is 1. The number of aromatic nitrogens is 1. The summed E-state index contributed by atoms with van der Waals surface area (Å²) in [6.45, 7) is 1.93. The lowest BCUT2D eigenvalue weighted by Gasteiger charge is -2.05. The predicted octanol–water partition coefficient (Wildman–Crippen LogP) is 4.05. The number of fused-ring (bicyclic) bond motifs is 1. The lowest BCUT2D eigenvalue weighted by Crippen LogP contribution is -2.23. The molecule has 9 heteroatoms. The summed E-state index contributed by atoms with van der Waals surface area (Å²) >= 11 is 2.94. The van der Waals surface area contributed by atoms with Crippen molar-refractivity contribution >= 4 is 51.2 Å². The fourth-order valence-corrected chi connectivity index (χ4v) is 4.94. The van der Waals surface area contributed by atoms with Crippen molar-refractivity contribution in [3.8, 4) is 0 Å². The molecule has 1 aromatic heterocycles. The lowest BCUT2D eigenvalue weighted by molar-refractivity contribution is -0.143. The molecule has 3 rings (SSSR count). The molecule has 7 nitrogen and oxygen atoms in total. The molecule has 0 atom stereocenters. The van der Waals surface area contributed by atoms with E-state index >= 15 is 0 Å². The third-order valence-corrected chi connectivity index (χ3v) is 6.60. The van der Waals surface area contributed by atoms with Gasteiger partial charge in [0.15, 0.2) is 4.80 Å². The lowest BCUT2D eigenvalue weighted by atomic mass is 10.2. The molecule has 0 spiro atoms. The summed E-state index contributed by atoms with van der Waals surface area (Å²) in [5, 5.41) is 0. The Kier molecular flexibility index (Phi) is 8.64. The average molecular weight is 473 g/mol. The van der Waals surface area contributed by atoms with Gasteiger partial charge in [0.1, 0.15) is 6.54 Å². The number of hydrogen-bond donors (Lipinski definition) is 0. The summed E-state index contributed by atoms with van der Waals surface area (Å²) in [6.07, 6.45) is 0.998. The van der Waals surface area contributed by atoms with E-state index in [1.165, 1.54) is 18.4 Å². The first-order valence-corrected chi connectivity index (χ1v) is 11.9. The Morgan fingerprint density at radius 3 is 2.62 bits per heavy atom. The van der Waals surface area contributed by atoms with Crippen LogP contribution in [0.5, 0.6) is 0 Å². The van der Waals surface area contributed by atoms with Gasteiger partial charge in [-0.25, -0.2) is 4.79 Å². The predicted molar refractivity (Wildman–Crippen MR) is 125 cm³/mol. The Bertz CT molecular complexity index is 1170. The van der Waals surface area contributed by atoms with Gasteiger partial charge in [0.05, 0.1) is 29.5 Å². The molecule has 0 fully saturated rings. The second kappa shape index (κ2) is 11.6. The maximum Gasteiger partial charge on any atom is 0.337 e. The highest BCUT2D eigenvalue weighted by atomic mass is 32.2. The standard InChI is InChI=1S/C23H24N2O5S2/c1-3-30-21(27)15-25-18-12-11-16(22(28)29-2)14-19(18)32-23(25)24-20(26)10-7-13-31-17-8-5-4-6-9-17/h4-6,8-9,11-12,14H,3,7,10,13,15H2,1-2H3. The van der Waals surface area contributed by atoms with Crippen molar-refractivity contribution in [2.45, 2.75) is 31.2 Å². The number of esters is 2. The molecule has 0 bridgehead atoms. The van der Waals surface area contributed by atoms with Gasteiger partial charge in [-0.1, -0.05) is 29.5 Å². The number of benzene rings is 2. The van der Waals surface area contributed by atoms with Crippen LogP contribution in [0.3, 0.4) is 0 Å². The summed E-state index contributed by atoms with van der Waals surface area (Å²) < 4.78 is 12.2. The van der Waals surface area contributed by atoms with Crippen LogP contribution in [0, 0.1) is 0 Å². The molecule has 0 saturated heterocycles. The molecular formula is C23H24N2O5S2.